The third-order valence-corrected chi connectivity index (χ3v) is 3.69. The predicted octanol–water partition coefficient (Wildman–Crippen LogP) is 4.08. The summed E-state index contributed by atoms with van der Waals surface area (Å²) in [5, 5.41) is 3.82. The van der Waals surface area contributed by atoms with Gasteiger partial charge < -0.3 is 10.1 Å². The number of benzene rings is 2. The fourth-order valence-corrected chi connectivity index (χ4v) is 2.42. The summed E-state index contributed by atoms with van der Waals surface area (Å²) in [5.74, 6) is 0.525. The van der Waals surface area contributed by atoms with Crippen molar-refractivity contribution in [1.29, 1.82) is 0 Å². The highest BCUT2D eigenvalue weighted by molar-refractivity contribution is 6.30. The second kappa shape index (κ2) is 7.43. The number of likely N-dealkylation sites (N-methyl/N-ethyl adjacent to an activating group) is 1. The molecule has 0 bridgehead atoms. The van der Waals surface area contributed by atoms with E-state index in [1.807, 2.05) is 32.2 Å². The summed E-state index contributed by atoms with van der Waals surface area (Å²) in [6.07, 6.45) is 0.443. The molecule has 112 valence electrons. The average Bonchev–Trinajstić information content (AvgIpc) is 2.46. The van der Waals surface area contributed by atoms with Crippen molar-refractivity contribution in [2.24, 2.45) is 0 Å². The van der Waals surface area contributed by atoms with Gasteiger partial charge in [-0.15, -0.1) is 0 Å². The largest absolute Gasteiger partial charge is 0.489 e. The van der Waals surface area contributed by atoms with E-state index in [4.69, 9.17) is 16.3 Å². The van der Waals surface area contributed by atoms with Crippen LogP contribution < -0.4 is 10.1 Å². The second-order valence-corrected chi connectivity index (χ2v) is 5.41. The molecule has 1 N–H and O–H groups in total. The van der Waals surface area contributed by atoms with Gasteiger partial charge in [0.15, 0.2) is 0 Å². The lowest BCUT2D eigenvalue weighted by Crippen LogP contribution is -2.41. The van der Waals surface area contributed by atoms with Crippen LogP contribution in [0, 0.1) is 5.82 Å². The van der Waals surface area contributed by atoms with Gasteiger partial charge >= 0.3 is 0 Å². The van der Waals surface area contributed by atoms with Gasteiger partial charge in [0.05, 0.1) is 0 Å². The monoisotopic (exact) mass is 307 g/mol. The fraction of sp³-hybridized carbons (Fsp3) is 0.294. The quantitative estimate of drug-likeness (QED) is 0.868. The predicted molar refractivity (Wildman–Crippen MR) is 84.5 cm³/mol. The number of hydrogen-bond acceptors (Lipinski definition) is 2. The van der Waals surface area contributed by atoms with E-state index >= 15 is 0 Å². The van der Waals surface area contributed by atoms with Crippen LogP contribution in [0.25, 0.3) is 0 Å². The Labute approximate surface area is 129 Å². The zero-order valence-electron chi connectivity index (χ0n) is 12.1. The summed E-state index contributed by atoms with van der Waals surface area (Å²) < 4.78 is 19.6. The molecule has 0 aromatic heterocycles. The third-order valence-electron chi connectivity index (χ3n) is 3.45. The lowest BCUT2D eigenvalue weighted by atomic mass is 10.0. The van der Waals surface area contributed by atoms with E-state index in [1.165, 1.54) is 6.07 Å². The average molecular weight is 308 g/mol. The van der Waals surface area contributed by atoms with Crippen molar-refractivity contribution < 1.29 is 9.13 Å². The fourth-order valence-electron chi connectivity index (χ4n) is 2.24. The van der Waals surface area contributed by atoms with Gasteiger partial charge in [0.1, 0.15) is 17.7 Å². The highest BCUT2D eigenvalue weighted by atomic mass is 35.5. The van der Waals surface area contributed by atoms with E-state index in [2.05, 4.69) is 5.32 Å². The van der Waals surface area contributed by atoms with Crippen LogP contribution in [-0.4, -0.2) is 19.2 Å². The molecule has 2 aromatic rings. The van der Waals surface area contributed by atoms with Gasteiger partial charge in [-0.2, -0.15) is 0 Å². The molecule has 0 saturated heterocycles. The van der Waals surface area contributed by atoms with E-state index in [9.17, 15) is 4.39 Å². The molecule has 0 aliphatic heterocycles. The van der Waals surface area contributed by atoms with Crippen LogP contribution in [-0.2, 0) is 6.42 Å². The van der Waals surface area contributed by atoms with Crippen molar-refractivity contribution in [3.63, 3.8) is 0 Å². The first-order valence-electron chi connectivity index (χ1n) is 6.93. The maximum atomic E-state index is 13.7. The molecule has 0 radical (unpaired) electrons. The van der Waals surface area contributed by atoms with E-state index in [1.54, 1.807) is 24.3 Å². The van der Waals surface area contributed by atoms with Crippen molar-refractivity contribution in [2.75, 3.05) is 7.05 Å². The molecule has 2 nitrogen and oxygen atoms in total. The van der Waals surface area contributed by atoms with Crippen LogP contribution in [0.15, 0.2) is 48.5 Å². The van der Waals surface area contributed by atoms with Gasteiger partial charge in [-0.1, -0.05) is 35.9 Å². The topological polar surface area (TPSA) is 21.3 Å². The molecule has 0 aliphatic rings. The summed E-state index contributed by atoms with van der Waals surface area (Å²) in [5.41, 5.74) is 0.679. The lowest BCUT2D eigenvalue weighted by Gasteiger charge is -2.25. The molecule has 2 unspecified atom stereocenters. The summed E-state index contributed by atoms with van der Waals surface area (Å²) in [7, 11) is 1.85. The molecule has 0 fully saturated rings. The second-order valence-electron chi connectivity index (χ2n) is 4.97. The Morgan fingerprint density at radius 3 is 2.62 bits per heavy atom. The van der Waals surface area contributed by atoms with Crippen molar-refractivity contribution in [2.45, 2.75) is 25.5 Å². The Balaban J connectivity index is 2.05. The Morgan fingerprint density at radius 2 is 1.95 bits per heavy atom. The van der Waals surface area contributed by atoms with Gasteiger partial charge in [-0.25, -0.2) is 4.39 Å². The van der Waals surface area contributed by atoms with Gasteiger partial charge in [0.25, 0.3) is 0 Å². The molecule has 2 atom stereocenters. The highest BCUT2D eigenvalue weighted by Crippen LogP contribution is 2.20. The molecular formula is C17H19ClFNO. The number of rotatable bonds is 6. The third kappa shape index (κ3) is 4.45. The Kier molecular flexibility index (Phi) is 5.59. The summed E-state index contributed by atoms with van der Waals surface area (Å²) in [4.78, 5) is 0. The van der Waals surface area contributed by atoms with E-state index in [0.29, 0.717) is 22.8 Å². The molecule has 2 aromatic carbocycles. The molecule has 0 heterocycles. The zero-order chi connectivity index (χ0) is 15.2. The van der Waals surface area contributed by atoms with Crippen molar-refractivity contribution >= 4 is 11.6 Å². The first kappa shape index (κ1) is 15.8. The Morgan fingerprint density at radius 1 is 1.19 bits per heavy atom. The summed E-state index contributed by atoms with van der Waals surface area (Å²) in [6.45, 7) is 1.96. The van der Waals surface area contributed by atoms with Crippen LogP contribution in [0.3, 0.4) is 0 Å². The van der Waals surface area contributed by atoms with E-state index in [0.717, 1.165) is 0 Å². The molecule has 0 spiro atoms. The van der Waals surface area contributed by atoms with Crippen LogP contribution in [0.1, 0.15) is 12.5 Å². The van der Waals surface area contributed by atoms with E-state index in [-0.39, 0.29) is 18.0 Å². The standard InChI is InChI=1S/C17H19ClFNO/c1-12(21-15-8-5-7-14(18)11-15)17(20-2)10-13-6-3-4-9-16(13)19/h3-9,11-12,17,20H,10H2,1-2H3. The Hall–Kier alpha value is -1.58. The number of hydrogen-bond donors (Lipinski definition) is 1. The van der Waals surface area contributed by atoms with Crippen molar-refractivity contribution in [3.8, 4) is 5.75 Å². The van der Waals surface area contributed by atoms with Gasteiger partial charge in [-0.05, 0) is 50.2 Å². The lowest BCUT2D eigenvalue weighted by molar-refractivity contribution is 0.173. The number of ether oxygens (including phenoxy) is 1. The smallest absolute Gasteiger partial charge is 0.126 e. The minimum absolute atomic E-state index is 0.000816. The normalized spacial score (nSPS) is 13.7. The van der Waals surface area contributed by atoms with Crippen molar-refractivity contribution in [3.05, 3.63) is 64.9 Å². The zero-order valence-corrected chi connectivity index (χ0v) is 12.9. The summed E-state index contributed by atoms with van der Waals surface area (Å²) >= 11 is 5.95. The number of nitrogens with one attached hydrogen (secondary N) is 1. The van der Waals surface area contributed by atoms with Crippen LogP contribution in [0.4, 0.5) is 4.39 Å². The minimum Gasteiger partial charge on any atom is -0.489 e. The van der Waals surface area contributed by atoms with Crippen molar-refractivity contribution in [1.82, 2.24) is 5.32 Å². The summed E-state index contributed by atoms with van der Waals surface area (Å²) in [6, 6.07) is 14.1. The molecule has 21 heavy (non-hydrogen) atoms. The van der Waals surface area contributed by atoms with Crippen LogP contribution in [0.2, 0.25) is 5.02 Å². The molecule has 2 rings (SSSR count). The van der Waals surface area contributed by atoms with Gasteiger partial charge in [0, 0.05) is 11.1 Å². The molecule has 0 amide bonds. The molecule has 0 saturated carbocycles. The SMILES string of the molecule is CNC(Cc1ccccc1F)C(C)Oc1cccc(Cl)c1. The molecule has 4 heteroatoms. The number of halogens is 2. The first-order chi connectivity index (χ1) is 10.1. The highest BCUT2D eigenvalue weighted by Gasteiger charge is 2.19. The minimum atomic E-state index is -0.187. The van der Waals surface area contributed by atoms with Gasteiger partial charge in [-0.3, -0.25) is 0 Å². The maximum Gasteiger partial charge on any atom is 0.126 e. The Bertz CT molecular complexity index is 591. The van der Waals surface area contributed by atoms with Gasteiger partial charge in [0.2, 0.25) is 0 Å². The molecular weight excluding hydrogens is 289 g/mol. The van der Waals surface area contributed by atoms with E-state index < -0.39 is 0 Å². The first-order valence-corrected chi connectivity index (χ1v) is 7.31. The van der Waals surface area contributed by atoms with Crippen LogP contribution >= 0.6 is 11.6 Å². The maximum absolute atomic E-state index is 13.7. The van der Waals surface area contributed by atoms with Crippen LogP contribution in [0.5, 0.6) is 5.75 Å². The molecule has 0 aliphatic carbocycles.